The van der Waals surface area contributed by atoms with Crippen LogP contribution in [0.2, 0.25) is 0 Å². The van der Waals surface area contributed by atoms with E-state index in [1.54, 1.807) is 0 Å². The van der Waals surface area contributed by atoms with Gasteiger partial charge >= 0.3 is 21.1 Å². The van der Waals surface area contributed by atoms with E-state index in [1.165, 1.54) is 5.56 Å². The van der Waals surface area contributed by atoms with Gasteiger partial charge in [-0.05, 0) is 61.2 Å². The molecule has 7 rings (SSSR count). The summed E-state index contributed by atoms with van der Waals surface area (Å²) in [6.45, 7) is 8.43. The van der Waals surface area contributed by atoms with Gasteiger partial charge in [-0.25, -0.2) is 4.98 Å². The van der Waals surface area contributed by atoms with Crippen LogP contribution in [0, 0.1) is 32.9 Å². The van der Waals surface area contributed by atoms with Crippen LogP contribution in [0.15, 0.2) is 97.2 Å². The van der Waals surface area contributed by atoms with Crippen molar-refractivity contribution < 1.29 is 27.2 Å². The first-order chi connectivity index (χ1) is 21.9. The number of hydrogen-bond donors (Lipinski definition) is 0. The fourth-order valence-corrected chi connectivity index (χ4v) is 6.05. The van der Waals surface area contributed by atoms with Gasteiger partial charge in [-0.3, -0.25) is 4.68 Å². The molecule has 0 saturated heterocycles. The van der Waals surface area contributed by atoms with Gasteiger partial charge in [0, 0.05) is 34.5 Å². The number of nitrogens with zero attached hydrogens (tertiary/aromatic N) is 4. The Balaban J connectivity index is 0.00000372. The molecular weight excluding hydrogens is 736 g/mol. The fraction of sp³-hybridized carbons (Fsp3) is 0.179. The summed E-state index contributed by atoms with van der Waals surface area (Å²) in [6, 6.07) is 35.9. The summed E-state index contributed by atoms with van der Waals surface area (Å²) in [6.07, 6.45) is 4.94. The number of benzene rings is 4. The number of fused-ring (bicyclic) bond motifs is 3. The predicted octanol–water partition coefficient (Wildman–Crippen LogP) is 9.69. The molecule has 0 aliphatic heterocycles. The molecule has 0 aliphatic carbocycles. The SMILES string of the molecule is [2H]c1ccc2c(c1)c1ccc(Oc3[c-]c(-n4nc(C)c(-c5ccccc5)c4C)cc(CCCC)c3)[c-]c1n2-c1cc(C)ccn1.[Pt+2]. The second kappa shape index (κ2) is 12.9. The van der Waals surface area contributed by atoms with Gasteiger partial charge in [0.25, 0.3) is 0 Å². The maximum atomic E-state index is 8.26. The molecule has 5 nitrogen and oxygen atoms in total. The number of para-hydroxylation sites is 1. The maximum absolute atomic E-state index is 8.26. The van der Waals surface area contributed by atoms with Gasteiger partial charge in [0.2, 0.25) is 0 Å². The minimum atomic E-state index is 0. The second-order valence-electron chi connectivity index (χ2n) is 11.3. The number of aromatic nitrogens is 4. The first-order valence-electron chi connectivity index (χ1n) is 15.7. The molecule has 0 saturated carbocycles. The van der Waals surface area contributed by atoms with Crippen LogP contribution in [-0.4, -0.2) is 19.3 Å². The van der Waals surface area contributed by atoms with E-state index in [9.17, 15) is 0 Å². The van der Waals surface area contributed by atoms with E-state index in [1.807, 2.05) is 53.3 Å². The Labute approximate surface area is 280 Å². The monoisotopic (exact) mass is 770 g/mol. The molecule has 0 spiro atoms. The minimum Gasteiger partial charge on any atom is -0.509 e. The number of pyridine rings is 1. The zero-order valence-electron chi connectivity index (χ0n) is 26.8. The summed E-state index contributed by atoms with van der Waals surface area (Å²) in [5.74, 6) is 2.00. The van der Waals surface area contributed by atoms with Crippen molar-refractivity contribution in [1.82, 2.24) is 19.3 Å². The van der Waals surface area contributed by atoms with Gasteiger partial charge < -0.3 is 9.30 Å². The maximum Gasteiger partial charge on any atom is 2.00 e. The number of hydrogen-bond acceptors (Lipinski definition) is 3. The molecule has 4 aromatic carbocycles. The van der Waals surface area contributed by atoms with Gasteiger partial charge in [-0.15, -0.1) is 35.7 Å². The van der Waals surface area contributed by atoms with Crippen molar-refractivity contribution in [1.29, 1.82) is 0 Å². The molecular formula is C39H34N4OPt. The van der Waals surface area contributed by atoms with E-state index in [0.29, 0.717) is 17.5 Å². The third-order valence-electron chi connectivity index (χ3n) is 8.13. The van der Waals surface area contributed by atoms with E-state index < -0.39 is 0 Å². The van der Waals surface area contributed by atoms with Crippen molar-refractivity contribution in [2.75, 3.05) is 0 Å². The first kappa shape index (κ1) is 29.3. The van der Waals surface area contributed by atoms with Gasteiger partial charge in [0.05, 0.1) is 7.06 Å². The molecule has 0 unspecified atom stereocenters. The molecule has 0 radical (unpaired) electrons. The van der Waals surface area contributed by atoms with Gasteiger partial charge in [-0.2, -0.15) is 16.7 Å². The first-order valence-corrected chi connectivity index (χ1v) is 15.2. The van der Waals surface area contributed by atoms with E-state index in [0.717, 1.165) is 80.7 Å². The molecule has 7 aromatic rings. The molecule has 3 heterocycles. The van der Waals surface area contributed by atoms with Gasteiger partial charge in [0.15, 0.2) is 0 Å². The molecule has 0 fully saturated rings. The van der Waals surface area contributed by atoms with Crippen molar-refractivity contribution in [3.8, 4) is 34.1 Å². The predicted molar refractivity (Wildman–Crippen MR) is 178 cm³/mol. The van der Waals surface area contributed by atoms with Crippen molar-refractivity contribution in [3.05, 3.63) is 132 Å². The zero-order valence-corrected chi connectivity index (χ0v) is 28.1. The number of ether oxygens (including phenoxy) is 1. The summed E-state index contributed by atoms with van der Waals surface area (Å²) in [5.41, 5.74) is 9.28. The van der Waals surface area contributed by atoms with Gasteiger partial charge in [-0.1, -0.05) is 80.2 Å². The Morgan fingerprint density at radius 2 is 1.71 bits per heavy atom. The van der Waals surface area contributed by atoms with Crippen LogP contribution in [0.4, 0.5) is 0 Å². The number of rotatable bonds is 8. The Hall–Kier alpha value is -4.47. The largest absolute Gasteiger partial charge is 2.00 e. The van der Waals surface area contributed by atoms with Gasteiger partial charge in [0.1, 0.15) is 5.82 Å². The van der Waals surface area contributed by atoms with E-state index in [2.05, 4.69) is 91.8 Å². The number of unbranched alkanes of at least 4 members (excludes halogenated alkanes) is 1. The number of aryl methyl sites for hydroxylation is 3. The van der Waals surface area contributed by atoms with Crippen molar-refractivity contribution in [3.63, 3.8) is 0 Å². The van der Waals surface area contributed by atoms with Crippen molar-refractivity contribution in [2.24, 2.45) is 0 Å². The van der Waals surface area contributed by atoms with Crippen LogP contribution in [0.1, 0.15) is 43.7 Å². The van der Waals surface area contributed by atoms with Crippen molar-refractivity contribution >= 4 is 21.8 Å². The quantitative estimate of drug-likeness (QED) is 0.145. The average Bonchev–Trinajstić information content (AvgIpc) is 3.52. The third kappa shape index (κ3) is 5.85. The summed E-state index contributed by atoms with van der Waals surface area (Å²) < 4.78 is 18.9. The molecule has 45 heavy (non-hydrogen) atoms. The molecule has 0 N–H and O–H groups in total. The standard InChI is InChI=1S/C39H34N4O.Pt/c1-5-6-12-29-22-31(43-28(4)39(27(3)41-43)30-13-8-7-9-14-30)24-33(23-29)44-32-17-18-35-34-15-10-11-16-36(34)42(37(35)25-32)38-21-26(2)19-20-40-38;/h7-11,13-23H,5-6,12H2,1-4H3;/q-2;+2/i10D;. The smallest absolute Gasteiger partial charge is 0.509 e. The zero-order chi connectivity index (χ0) is 31.1. The fourth-order valence-electron chi connectivity index (χ4n) is 6.05. The van der Waals surface area contributed by atoms with E-state index in [4.69, 9.17) is 11.2 Å². The van der Waals surface area contributed by atoms with E-state index >= 15 is 0 Å². The van der Waals surface area contributed by atoms with Crippen LogP contribution >= 0.6 is 0 Å². The summed E-state index contributed by atoms with van der Waals surface area (Å²) in [5, 5.41) is 6.92. The summed E-state index contributed by atoms with van der Waals surface area (Å²) in [4.78, 5) is 4.68. The summed E-state index contributed by atoms with van der Waals surface area (Å²) >= 11 is 0. The summed E-state index contributed by atoms with van der Waals surface area (Å²) in [7, 11) is 0. The molecule has 6 heteroatoms. The van der Waals surface area contributed by atoms with Crippen molar-refractivity contribution in [2.45, 2.75) is 47.0 Å². The Bertz CT molecular complexity index is 2180. The van der Waals surface area contributed by atoms with Crippen LogP contribution in [0.3, 0.4) is 0 Å². The normalized spacial score (nSPS) is 11.5. The van der Waals surface area contributed by atoms with Crippen LogP contribution in [0.5, 0.6) is 11.5 Å². The molecule has 0 amide bonds. The molecule has 0 aliphatic rings. The third-order valence-corrected chi connectivity index (χ3v) is 8.13. The molecule has 0 bridgehead atoms. The van der Waals surface area contributed by atoms with Crippen LogP contribution in [-0.2, 0) is 27.5 Å². The topological polar surface area (TPSA) is 44.9 Å². The molecule has 3 aromatic heterocycles. The second-order valence-corrected chi connectivity index (χ2v) is 11.3. The van der Waals surface area contributed by atoms with E-state index in [-0.39, 0.29) is 21.1 Å². The van der Waals surface area contributed by atoms with Crippen LogP contribution in [0.25, 0.3) is 44.4 Å². The minimum absolute atomic E-state index is 0. The Morgan fingerprint density at radius 3 is 2.51 bits per heavy atom. The molecule has 0 atom stereocenters. The Kier molecular flexibility index (Phi) is 8.36. The molecule has 226 valence electrons. The Morgan fingerprint density at radius 1 is 0.867 bits per heavy atom. The van der Waals surface area contributed by atoms with Crippen LogP contribution < -0.4 is 4.74 Å². The average molecular weight is 771 g/mol.